The van der Waals surface area contributed by atoms with Crippen LogP contribution in [0.4, 0.5) is 0 Å². The molecule has 32 heavy (non-hydrogen) atoms. The number of benzene rings is 3. The van der Waals surface area contributed by atoms with E-state index in [4.69, 9.17) is 9.47 Å². The fourth-order valence-electron chi connectivity index (χ4n) is 2.88. The third-order valence-corrected chi connectivity index (χ3v) is 4.59. The van der Waals surface area contributed by atoms with Crippen LogP contribution < -0.4 is 20.3 Å². The Labute approximate surface area is 188 Å². The van der Waals surface area contributed by atoms with Crippen molar-refractivity contribution in [3.8, 4) is 11.5 Å². The molecule has 0 atom stereocenters. The molecule has 0 aliphatic rings. The average molecular weight is 433 g/mol. The van der Waals surface area contributed by atoms with Crippen molar-refractivity contribution < 1.29 is 19.1 Å². The fraction of sp³-hybridized carbons (Fsp3) is 0.231. The zero-order valence-electron chi connectivity index (χ0n) is 18.3. The van der Waals surface area contributed by atoms with E-state index >= 15 is 0 Å². The van der Waals surface area contributed by atoms with Crippen LogP contribution in [0, 0.1) is 5.92 Å². The normalized spacial score (nSPS) is 10.5. The molecule has 6 heteroatoms. The van der Waals surface area contributed by atoms with E-state index in [0.717, 1.165) is 6.42 Å². The van der Waals surface area contributed by atoms with Gasteiger partial charge in [-0.15, -0.1) is 0 Å². The molecule has 0 unspecified atom stereocenters. The number of hydrogen-bond donors (Lipinski definition) is 2. The molecule has 2 amide bonds. The molecule has 0 spiro atoms. The number of ether oxygens (including phenoxy) is 2. The summed E-state index contributed by atoms with van der Waals surface area (Å²) >= 11 is 0. The Morgan fingerprint density at radius 3 is 2.12 bits per heavy atom. The Morgan fingerprint density at radius 2 is 1.44 bits per heavy atom. The lowest BCUT2D eigenvalue weighted by Gasteiger charge is -2.11. The fourth-order valence-corrected chi connectivity index (χ4v) is 2.88. The third-order valence-electron chi connectivity index (χ3n) is 4.59. The third kappa shape index (κ3) is 7.16. The predicted molar refractivity (Wildman–Crippen MR) is 124 cm³/mol. The van der Waals surface area contributed by atoms with Gasteiger partial charge in [0.25, 0.3) is 11.8 Å². The number of rotatable bonds is 9. The van der Waals surface area contributed by atoms with Gasteiger partial charge in [-0.1, -0.05) is 50.2 Å². The van der Waals surface area contributed by atoms with Crippen LogP contribution in [0.1, 0.15) is 40.1 Å². The van der Waals surface area contributed by atoms with Crippen LogP contribution >= 0.6 is 0 Å². The first-order valence-electron chi connectivity index (χ1n) is 10.6. The van der Waals surface area contributed by atoms with Gasteiger partial charge in [-0.3, -0.25) is 20.4 Å². The average Bonchev–Trinajstić information content (AvgIpc) is 2.82. The number of nitrogens with one attached hydrogen (secondary N) is 2. The molecular formula is C26H28N2O4. The Balaban J connectivity index is 1.48. The molecule has 3 aromatic rings. The summed E-state index contributed by atoms with van der Waals surface area (Å²) in [6, 6.07) is 23.6. The van der Waals surface area contributed by atoms with Crippen LogP contribution in [0.15, 0.2) is 78.9 Å². The van der Waals surface area contributed by atoms with Gasteiger partial charge in [0.05, 0.1) is 13.2 Å². The van der Waals surface area contributed by atoms with Gasteiger partial charge >= 0.3 is 0 Å². The number of hydrogen-bond acceptors (Lipinski definition) is 4. The summed E-state index contributed by atoms with van der Waals surface area (Å²) in [6.07, 6.45) is 0.772. The van der Waals surface area contributed by atoms with E-state index in [2.05, 4.69) is 24.7 Å². The van der Waals surface area contributed by atoms with E-state index in [1.54, 1.807) is 48.5 Å². The number of carbonyl (C=O) groups excluding carboxylic acids is 2. The number of hydrazine groups is 1. The molecule has 3 aromatic carbocycles. The summed E-state index contributed by atoms with van der Waals surface area (Å²) in [5.74, 6) is 0.869. The summed E-state index contributed by atoms with van der Waals surface area (Å²) < 4.78 is 11.4. The summed E-state index contributed by atoms with van der Waals surface area (Å²) in [6.45, 7) is 5.24. The molecule has 0 saturated carbocycles. The van der Waals surface area contributed by atoms with Crippen molar-refractivity contribution in [1.82, 2.24) is 10.9 Å². The summed E-state index contributed by atoms with van der Waals surface area (Å²) in [4.78, 5) is 24.7. The molecule has 0 bridgehead atoms. The van der Waals surface area contributed by atoms with E-state index in [-0.39, 0.29) is 0 Å². The van der Waals surface area contributed by atoms with E-state index in [0.29, 0.717) is 41.8 Å². The topological polar surface area (TPSA) is 76.7 Å². The summed E-state index contributed by atoms with van der Waals surface area (Å²) in [5.41, 5.74) is 6.86. The lowest BCUT2D eigenvalue weighted by molar-refractivity contribution is 0.0846. The molecule has 0 fully saturated rings. The Kier molecular flexibility index (Phi) is 8.26. The maximum atomic E-state index is 12.4. The SMILES string of the molecule is CC(C)COc1ccc(C(=O)NNC(=O)c2cccc(OCCc3ccccc3)c2)cc1. The van der Waals surface area contributed by atoms with Crippen LogP contribution in [-0.4, -0.2) is 25.0 Å². The van der Waals surface area contributed by atoms with E-state index in [1.165, 1.54) is 5.56 Å². The van der Waals surface area contributed by atoms with Gasteiger partial charge < -0.3 is 9.47 Å². The van der Waals surface area contributed by atoms with Crippen molar-refractivity contribution in [3.63, 3.8) is 0 Å². The van der Waals surface area contributed by atoms with Crippen molar-refractivity contribution in [3.05, 3.63) is 95.6 Å². The quantitative estimate of drug-likeness (QED) is 0.491. The van der Waals surface area contributed by atoms with Gasteiger partial charge in [0.2, 0.25) is 0 Å². The standard InChI is InChI=1S/C26H28N2O4/c1-19(2)18-32-23-13-11-21(12-14-23)25(29)27-28-26(30)22-9-6-10-24(17-22)31-16-15-20-7-4-3-5-8-20/h3-14,17,19H,15-16,18H2,1-2H3,(H,27,29)(H,28,30). The maximum absolute atomic E-state index is 12.4. The molecule has 0 aliphatic heterocycles. The molecule has 166 valence electrons. The second kappa shape index (κ2) is 11.6. The molecule has 0 aliphatic carbocycles. The summed E-state index contributed by atoms with van der Waals surface area (Å²) in [5, 5.41) is 0. The van der Waals surface area contributed by atoms with Gasteiger partial charge in [0, 0.05) is 17.5 Å². The van der Waals surface area contributed by atoms with Crippen molar-refractivity contribution in [2.75, 3.05) is 13.2 Å². The van der Waals surface area contributed by atoms with E-state index in [1.807, 2.05) is 30.3 Å². The highest BCUT2D eigenvalue weighted by atomic mass is 16.5. The minimum Gasteiger partial charge on any atom is -0.493 e. The molecule has 3 rings (SSSR count). The van der Waals surface area contributed by atoms with Gasteiger partial charge in [0.1, 0.15) is 11.5 Å². The molecule has 2 N–H and O–H groups in total. The Hall–Kier alpha value is -3.80. The Morgan fingerprint density at radius 1 is 0.750 bits per heavy atom. The zero-order valence-corrected chi connectivity index (χ0v) is 18.3. The van der Waals surface area contributed by atoms with Crippen LogP contribution in [0.5, 0.6) is 11.5 Å². The lowest BCUT2D eigenvalue weighted by atomic mass is 10.2. The van der Waals surface area contributed by atoms with Gasteiger partial charge in [0.15, 0.2) is 0 Å². The highest BCUT2D eigenvalue weighted by molar-refractivity contribution is 5.99. The second-order valence-corrected chi connectivity index (χ2v) is 7.75. The maximum Gasteiger partial charge on any atom is 0.269 e. The van der Waals surface area contributed by atoms with Crippen LogP contribution in [-0.2, 0) is 6.42 Å². The molecule has 6 nitrogen and oxygen atoms in total. The number of amides is 2. The van der Waals surface area contributed by atoms with E-state index in [9.17, 15) is 9.59 Å². The highest BCUT2D eigenvalue weighted by Crippen LogP contribution is 2.15. The van der Waals surface area contributed by atoms with Gasteiger partial charge in [-0.25, -0.2) is 0 Å². The van der Waals surface area contributed by atoms with E-state index < -0.39 is 11.8 Å². The second-order valence-electron chi connectivity index (χ2n) is 7.75. The first-order chi connectivity index (χ1) is 15.5. The first kappa shape index (κ1) is 22.9. The van der Waals surface area contributed by atoms with Crippen molar-refractivity contribution in [1.29, 1.82) is 0 Å². The van der Waals surface area contributed by atoms with Crippen molar-refractivity contribution in [2.45, 2.75) is 20.3 Å². The first-order valence-corrected chi connectivity index (χ1v) is 10.6. The number of carbonyl (C=O) groups is 2. The van der Waals surface area contributed by atoms with Crippen LogP contribution in [0.2, 0.25) is 0 Å². The Bertz CT molecular complexity index is 1020. The minimum atomic E-state index is -0.427. The van der Waals surface area contributed by atoms with Gasteiger partial charge in [-0.2, -0.15) is 0 Å². The van der Waals surface area contributed by atoms with Crippen LogP contribution in [0.25, 0.3) is 0 Å². The smallest absolute Gasteiger partial charge is 0.269 e. The lowest BCUT2D eigenvalue weighted by Crippen LogP contribution is -2.41. The molecule has 0 saturated heterocycles. The molecule has 0 aromatic heterocycles. The largest absolute Gasteiger partial charge is 0.493 e. The van der Waals surface area contributed by atoms with Gasteiger partial charge in [-0.05, 0) is 53.9 Å². The van der Waals surface area contributed by atoms with Crippen molar-refractivity contribution in [2.24, 2.45) is 5.92 Å². The van der Waals surface area contributed by atoms with Crippen molar-refractivity contribution >= 4 is 11.8 Å². The summed E-state index contributed by atoms with van der Waals surface area (Å²) in [7, 11) is 0. The molecule has 0 heterocycles. The minimum absolute atomic E-state index is 0.389. The molecule has 0 radical (unpaired) electrons. The monoisotopic (exact) mass is 432 g/mol. The zero-order chi connectivity index (χ0) is 22.8. The predicted octanol–water partition coefficient (Wildman–Crippen LogP) is 4.42. The highest BCUT2D eigenvalue weighted by Gasteiger charge is 2.10. The molecular weight excluding hydrogens is 404 g/mol. The van der Waals surface area contributed by atoms with Crippen LogP contribution in [0.3, 0.4) is 0 Å².